The molecule has 0 aliphatic carbocycles. The zero-order valence-electron chi connectivity index (χ0n) is 9.59. The number of nitrogens with two attached hydrogens (primary N) is 1. The average molecular weight is 271 g/mol. The number of halogens is 2. The van der Waals surface area contributed by atoms with Crippen molar-refractivity contribution in [2.75, 3.05) is 0 Å². The normalized spacial score (nSPS) is 9.06. The van der Waals surface area contributed by atoms with Crippen LogP contribution in [0.15, 0.2) is 42.6 Å². The van der Waals surface area contributed by atoms with E-state index in [1.807, 2.05) is 12.3 Å². The zero-order valence-corrected chi connectivity index (χ0v) is 11.2. The highest BCUT2D eigenvalue weighted by Crippen LogP contribution is 2.19. The van der Waals surface area contributed by atoms with Crippen molar-refractivity contribution in [3.05, 3.63) is 53.9 Å². The van der Waals surface area contributed by atoms with Gasteiger partial charge >= 0.3 is 0 Å². The van der Waals surface area contributed by atoms with Crippen LogP contribution in [0.4, 0.5) is 0 Å². The molecule has 0 saturated heterocycles. The Labute approximate surface area is 114 Å². The number of hydrogen-bond acceptors (Lipinski definition) is 2. The fourth-order valence-electron chi connectivity index (χ4n) is 1.54. The molecule has 0 unspecified atom stereocenters. The summed E-state index contributed by atoms with van der Waals surface area (Å²) in [5.74, 6) is 0. The van der Waals surface area contributed by atoms with Crippen molar-refractivity contribution in [2.45, 2.75) is 13.5 Å². The van der Waals surface area contributed by atoms with Gasteiger partial charge in [0.15, 0.2) is 0 Å². The highest BCUT2D eigenvalue weighted by molar-refractivity contribution is 5.85. The fourth-order valence-corrected chi connectivity index (χ4v) is 1.54. The predicted octanol–water partition coefficient (Wildman–Crippen LogP) is 3.36. The van der Waals surface area contributed by atoms with Crippen molar-refractivity contribution < 1.29 is 0 Å². The Bertz CT molecular complexity index is 455. The first-order valence-corrected chi connectivity index (χ1v) is 5.01. The second-order valence-electron chi connectivity index (χ2n) is 3.61. The molecular formula is C13H16Cl2N2. The summed E-state index contributed by atoms with van der Waals surface area (Å²) in [6.45, 7) is 2.58. The number of pyridine rings is 1. The molecule has 0 bridgehead atoms. The van der Waals surface area contributed by atoms with E-state index in [9.17, 15) is 0 Å². The Morgan fingerprint density at radius 2 is 1.82 bits per heavy atom. The van der Waals surface area contributed by atoms with Gasteiger partial charge in [-0.1, -0.05) is 35.9 Å². The summed E-state index contributed by atoms with van der Waals surface area (Å²) < 4.78 is 0. The summed E-state index contributed by atoms with van der Waals surface area (Å²) in [5, 5.41) is 0. The van der Waals surface area contributed by atoms with Gasteiger partial charge in [-0.2, -0.15) is 0 Å². The maximum atomic E-state index is 5.50. The quantitative estimate of drug-likeness (QED) is 0.909. The summed E-state index contributed by atoms with van der Waals surface area (Å²) in [4.78, 5) is 4.28. The highest BCUT2D eigenvalue weighted by atomic mass is 35.5. The van der Waals surface area contributed by atoms with Crippen LogP contribution in [0.5, 0.6) is 0 Å². The van der Waals surface area contributed by atoms with Crippen LogP contribution < -0.4 is 5.73 Å². The maximum absolute atomic E-state index is 5.50. The number of aromatic nitrogens is 1. The molecule has 0 amide bonds. The van der Waals surface area contributed by atoms with Gasteiger partial charge in [0, 0.05) is 18.3 Å². The fraction of sp³-hybridized carbons (Fsp3) is 0.154. The third kappa shape index (κ3) is 4.00. The van der Waals surface area contributed by atoms with Crippen LogP contribution >= 0.6 is 24.8 Å². The van der Waals surface area contributed by atoms with Crippen molar-refractivity contribution >= 4 is 24.8 Å². The lowest BCUT2D eigenvalue weighted by atomic mass is 10.1. The van der Waals surface area contributed by atoms with Crippen LogP contribution in [-0.2, 0) is 6.54 Å². The Morgan fingerprint density at radius 3 is 2.35 bits per heavy atom. The smallest absolute Gasteiger partial charge is 0.0539 e. The number of rotatable bonds is 2. The number of nitrogens with zero attached hydrogens (tertiary/aromatic N) is 1. The molecular weight excluding hydrogens is 255 g/mol. The molecule has 0 spiro atoms. The third-order valence-electron chi connectivity index (χ3n) is 2.39. The van der Waals surface area contributed by atoms with Gasteiger partial charge in [-0.3, -0.25) is 4.98 Å². The Morgan fingerprint density at radius 1 is 1.06 bits per heavy atom. The summed E-state index contributed by atoms with van der Waals surface area (Å²) >= 11 is 0. The highest BCUT2D eigenvalue weighted by Gasteiger charge is 1.98. The van der Waals surface area contributed by atoms with Crippen LogP contribution in [0, 0.1) is 6.92 Å². The third-order valence-corrected chi connectivity index (χ3v) is 2.39. The minimum atomic E-state index is 0. The Balaban J connectivity index is 0.00000128. The second-order valence-corrected chi connectivity index (χ2v) is 3.61. The summed E-state index contributed by atoms with van der Waals surface area (Å²) in [7, 11) is 0. The van der Waals surface area contributed by atoms with Crippen LogP contribution in [0.2, 0.25) is 0 Å². The molecule has 2 aromatic rings. The van der Waals surface area contributed by atoms with E-state index >= 15 is 0 Å². The van der Waals surface area contributed by atoms with E-state index in [1.165, 1.54) is 11.1 Å². The lowest BCUT2D eigenvalue weighted by molar-refractivity contribution is 0.991. The second kappa shape index (κ2) is 7.28. The van der Waals surface area contributed by atoms with Crippen molar-refractivity contribution in [1.29, 1.82) is 0 Å². The molecule has 0 saturated carbocycles. The van der Waals surface area contributed by atoms with Gasteiger partial charge in [-0.15, -0.1) is 24.8 Å². The van der Waals surface area contributed by atoms with Crippen molar-refractivity contribution in [3.8, 4) is 11.1 Å². The largest absolute Gasteiger partial charge is 0.325 e. The van der Waals surface area contributed by atoms with Crippen LogP contribution in [0.25, 0.3) is 11.1 Å². The monoisotopic (exact) mass is 270 g/mol. The van der Waals surface area contributed by atoms with E-state index in [-0.39, 0.29) is 24.8 Å². The van der Waals surface area contributed by atoms with Crippen LogP contribution in [0.1, 0.15) is 11.3 Å². The number of benzene rings is 1. The first-order valence-electron chi connectivity index (χ1n) is 5.01. The molecule has 2 nitrogen and oxygen atoms in total. The minimum absolute atomic E-state index is 0. The van der Waals surface area contributed by atoms with Crippen LogP contribution in [-0.4, -0.2) is 4.98 Å². The number of aryl methyl sites for hydroxylation is 1. The van der Waals surface area contributed by atoms with Gasteiger partial charge in [-0.05, 0) is 18.6 Å². The van der Waals surface area contributed by atoms with Crippen molar-refractivity contribution in [2.24, 2.45) is 5.73 Å². The first kappa shape index (κ1) is 15.9. The molecule has 1 aromatic heterocycles. The lowest BCUT2D eigenvalue weighted by Gasteiger charge is -2.03. The first-order chi connectivity index (χ1) is 7.29. The molecule has 0 aliphatic rings. The Hall–Kier alpha value is -1.09. The molecule has 0 radical (unpaired) electrons. The van der Waals surface area contributed by atoms with E-state index in [2.05, 4.69) is 42.2 Å². The lowest BCUT2D eigenvalue weighted by Crippen LogP contribution is -1.98. The van der Waals surface area contributed by atoms with Crippen molar-refractivity contribution in [1.82, 2.24) is 4.98 Å². The molecule has 92 valence electrons. The molecule has 0 aliphatic heterocycles. The van der Waals surface area contributed by atoms with E-state index in [1.54, 1.807) is 0 Å². The average Bonchev–Trinajstić information content (AvgIpc) is 2.29. The summed E-state index contributed by atoms with van der Waals surface area (Å²) in [6, 6.07) is 12.4. The topological polar surface area (TPSA) is 38.9 Å². The Kier molecular flexibility index (Phi) is 6.81. The molecule has 2 N–H and O–H groups in total. The standard InChI is InChI=1S/C13H14N2.2ClH/c1-10-3-2-4-11(7-10)12-5-6-13(8-14)15-9-12;;/h2-7,9H,8,14H2,1H3;2*1H. The van der Waals surface area contributed by atoms with Gasteiger partial charge in [0.1, 0.15) is 0 Å². The molecule has 0 atom stereocenters. The zero-order chi connectivity index (χ0) is 10.7. The van der Waals surface area contributed by atoms with E-state index in [0.717, 1.165) is 11.3 Å². The molecule has 1 heterocycles. The molecule has 4 heteroatoms. The van der Waals surface area contributed by atoms with E-state index in [4.69, 9.17) is 5.73 Å². The molecule has 1 aromatic carbocycles. The summed E-state index contributed by atoms with van der Waals surface area (Å²) in [5.41, 5.74) is 10.0. The van der Waals surface area contributed by atoms with Crippen LogP contribution in [0.3, 0.4) is 0 Å². The predicted molar refractivity (Wildman–Crippen MR) is 76.8 cm³/mol. The van der Waals surface area contributed by atoms with Gasteiger partial charge in [0.2, 0.25) is 0 Å². The maximum Gasteiger partial charge on any atom is 0.0539 e. The van der Waals surface area contributed by atoms with Gasteiger partial charge in [-0.25, -0.2) is 0 Å². The number of hydrogen-bond donors (Lipinski definition) is 1. The van der Waals surface area contributed by atoms with Crippen molar-refractivity contribution in [3.63, 3.8) is 0 Å². The van der Waals surface area contributed by atoms with Gasteiger partial charge < -0.3 is 5.73 Å². The molecule has 17 heavy (non-hydrogen) atoms. The van der Waals surface area contributed by atoms with E-state index in [0.29, 0.717) is 6.54 Å². The molecule has 0 fully saturated rings. The summed E-state index contributed by atoms with van der Waals surface area (Å²) in [6.07, 6.45) is 1.87. The minimum Gasteiger partial charge on any atom is -0.325 e. The molecule has 2 rings (SSSR count). The van der Waals surface area contributed by atoms with Gasteiger partial charge in [0.25, 0.3) is 0 Å². The van der Waals surface area contributed by atoms with E-state index < -0.39 is 0 Å². The van der Waals surface area contributed by atoms with Gasteiger partial charge in [0.05, 0.1) is 5.69 Å². The SMILES string of the molecule is Cc1cccc(-c2ccc(CN)nc2)c1.Cl.Cl.